The molecule has 4 aromatic rings. The van der Waals surface area contributed by atoms with Crippen LogP contribution in [0.25, 0.3) is 27.7 Å². The predicted molar refractivity (Wildman–Crippen MR) is 91.3 cm³/mol. The van der Waals surface area contributed by atoms with Gasteiger partial charge in [0.15, 0.2) is 0 Å². The van der Waals surface area contributed by atoms with E-state index in [1.165, 1.54) is 0 Å². The smallest absolute Gasteiger partial charge is 0.336 e. The average molecular weight is 315 g/mol. The highest BCUT2D eigenvalue weighted by Gasteiger charge is 2.12. The zero-order valence-electron chi connectivity index (χ0n) is 12.6. The lowest BCUT2D eigenvalue weighted by atomic mass is 10.0. The van der Waals surface area contributed by atoms with Crippen molar-refractivity contribution in [2.24, 2.45) is 0 Å². The van der Waals surface area contributed by atoms with Gasteiger partial charge in [-0.25, -0.2) is 9.48 Å². The first-order valence-electron chi connectivity index (χ1n) is 7.46. The van der Waals surface area contributed by atoms with Crippen LogP contribution in [0.2, 0.25) is 0 Å². The zero-order valence-corrected chi connectivity index (χ0v) is 12.6. The standard InChI is InChI=1S/C19H13N3O2/c23-19(24)17-11-15(10-14-8-4-5-9-16(14)17)22-12-18(20-21-22)13-6-2-1-3-7-13/h1-12H,(H,23,24). The molecule has 5 nitrogen and oxygen atoms in total. The Morgan fingerprint density at radius 1 is 0.958 bits per heavy atom. The second-order valence-electron chi connectivity index (χ2n) is 5.43. The fourth-order valence-electron chi connectivity index (χ4n) is 2.74. The van der Waals surface area contributed by atoms with E-state index in [9.17, 15) is 9.90 Å². The Morgan fingerprint density at radius 2 is 1.71 bits per heavy atom. The van der Waals surface area contributed by atoms with Crippen LogP contribution in [0.3, 0.4) is 0 Å². The summed E-state index contributed by atoms with van der Waals surface area (Å²) in [7, 11) is 0. The molecule has 0 amide bonds. The van der Waals surface area contributed by atoms with Crippen molar-refractivity contribution < 1.29 is 9.90 Å². The maximum Gasteiger partial charge on any atom is 0.336 e. The first-order chi connectivity index (χ1) is 11.7. The van der Waals surface area contributed by atoms with Crippen molar-refractivity contribution in [3.05, 3.63) is 78.5 Å². The van der Waals surface area contributed by atoms with E-state index < -0.39 is 5.97 Å². The molecule has 0 aliphatic heterocycles. The summed E-state index contributed by atoms with van der Waals surface area (Å²) in [6, 6.07) is 20.7. The number of carboxylic acid groups (broad SMARTS) is 1. The van der Waals surface area contributed by atoms with Gasteiger partial charge in [-0.2, -0.15) is 0 Å². The molecule has 0 saturated carbocycles. The number of carboxylic acids is 1. The molecule has 0 unspecified atom stereocenters. The molecule has 5 heteroatoms. The predicted octanol–water partition coefficient (Wildman–Crippen LogP) is 3.79. The van der Waals surface area contributed by atoms with Gasteiger partial charge in [0.1, 0.15) is 5.69 Å². The molecule has 4 rings (SSSR count). The Morgan fingerprint density at radius 3 is 2.50 bits per heavy atom. The first kappa shape index (κ1) is 14.1. The number of fused-ring (bicyclic) bond motifs is 1. The van der Waals surface area contributed by atoms with E-state index in [-0.39, 0.29) is 5.56 Å². The molecule has 0 atom stereocenters. The Hall–Kier alpha value is -3.47. The summed E-state index contributed by atoms with van der Waals surface area (Å²) in [6.45, 7) is 0. The van der Waals surface area contributed by atoms with Crippen LogP contribution in [-0.2, 0) is 0 Å². The second-order valence-corrected chi connectivity index (χ2v) is 5.43. The summed E-state index contributed by atoms with van der Waals surface area (Å²) in [5.74, 6) is -0.962. The van der Waals surface area contributed by atoms with Crippen LogP contribution >= 0.6 is 0 Å². The highest BCUT2D eigenvalue weighted by molar-refractivity contribution is 6.04. The van der Waals surface area contributed by atoms with Crippen LogP contribution in [0, 0.1) is 0 Å². The normalized spacial score (nSPS) is 10.8. The minimum atomic E-state index is -0.962. The Balaban J connectivity index is 1.85. The number of aromatic carboxylic acids is 1. The lowest BCUT2D eigenvalue weighted by Crippen LogP contribution is -2.02. The van der Waals surface area contributed by atoms with E-state index in [0.29, 0.717) is 11.1 Å². The molecule has 24 heavy (non-hydrogen) atoms. The molecular weight excluding hydrogens is 302 g/mol. The van der Waals surface area contributed by atoms with Crippen LogP contribution in [0.1, 0.15) is 10.4 Å². The molecule has 1 heterocycles. The maximum absolute atomic E-state index is 11.6. The number of nitrogens with zero attached hydrogens (tertiary/aromatic N) is 3. The van der Waals surface area contributed by atoms with Crippen LogP contribution in [-0.4, -0.2) is 26.1 Å². The van der Waals surface area contributed by atoms with Crippen molar-refractivity contribution in [1.82, 2.24) is 15.0 Å². The Kier molecular flexibility index (Phi) is 3.31. The maximum atomic E-state index is 11.6. The summed E-state index contributed by atoms with van der Waals surface area (Å²) in [4.78, 5) is 11.6. The Labute approximate surface area is 137 Å². The SMILES string of the molecule is O=C(O)c1cc(-n2cc(-c3ccccc3)nn2)cc2ccccc12. The van der Waals surface area contributed by atoms with Crippen LogP contribution in [0.4, 0.5) is 0 Å². The number of hydrogen-bond acceptors (Lipinski definition) is 3. The third kappa shape index (κ3) is 2.42. The molecule has 0 aliphatic rings. The van der Waals surface area contributed by atoms with E-state index in [0.717, 1.165) is 16.6 Å². The molecule has 1 N–H and O–H groups in total. The molecule has 0 bridgehead atoms. The molecule has 116 valence electrons. The van der Waals surface area contributed by atoms with Gasteiger partial charge in [0.25, 0.3) is 0 Å². The zero-order chi connectivity index (χ0) is 16.5. The van der Waals surface area contributed by atoms with Gasteiger partial charge in [0.05, 0.1) is 17.4 Å². The van der Waals surface area contributed by atoms with Crippen LogP contribution < -0.4 is 0 Å². The van der Waals surface area contributed by atoms with Crippen LogP contribution in [0.15, 0.2) is 72.9 Å². The minimum Gasteiger partial charge on any atom is -0.478 e. The highest BCUT2D eigenvalue weighted by atomic mass is 16.4. The quantitative estimate of drug-likeness (QED) is 0.624. The summed E-state index contributed by atoms with van der Waals surface area (Å²) in [5, 5.41) is 19.4. The van der Waals surface area contributed by atoms with Crippen molar-refractivity contribution in [3.8, 4) is 16.9 Å². The topological polar surface area (TPSA) is 68.0 Å². The van der Waals surface area contributed by atoms with E-state index >= 15 is 0 Å². The van der Waals surface area contributed by atoms with Crippen LogP contribution in [0.5, 0.6) is 0 Å². The monoisotopic (exact) mass is 315 g/mol. The first-order valence-corrected chi connectivity index (χ1v) is 7.46. The molecule has 0 spiro atoms. The molecular formula is C19H13N3O2. The largest absolute Gasteiger partial charge is 0.478 e. The van der Waals surface area contributed by atoms with Crippen molar-refractivity contribution in [3.63, 3.8) is 0 Å². The molecule has 0 saturated heterocycles. The van der Waals surface area contributed by atoms with Gasteiger partial charge in [0, 0.05) is 5.56 Å². The van der Waals surface area contributed by atoms with E-state index in [4.69, 9.17) is 0 Å². The molecule has 0 radical (unpaired) electrons. The van der Waals surface area contributed by atoms with Gasteiger partial charge in [-0.3, -0.25) is 0 Å². The van der Waals surface area contributed by atoms with Gasteiger partial charge in [-0.1, -0.05) is 59.8 Å². The minimum absolute atomic E-state index is 0.250. The van der Waals surface area contributed by atoms with E-state index in [1.54, 1.807) is 23.0 Å². The lowest BCUT2D eigenvalue weighted by Gasteiger charge is -2.07. The number of benzene rings is 3. The van der Waals surface area contributed by atoms with Crippen molar-refractivity contribution >= 4 is 16.7 Å². The molecule has 0 fully saturated rings. The van der Waals surface area contributed by atoms with E-state index in [2.05, 4.69) is 10.3 Å². The molecule has 1 aromatic heterocycles. The number of hydrogen-bond donors (Lipinski definition) is 1. The van der Waals surface area contributed by atoms with Gasteiger partial charge >= 0.3 is 5.97 Å². The van der Waals surface area contributed by atoms with Crippen molar-refractivity contribution in [1.29, 1.82) is 0 Å². The third-order valence-corrected chi connectivity index (χ3v) is 3.90. The van der Waals surface area contributed by atoms with E-state index in [1.807, 2.05) is 54.6 Å². The second kappa shape index (κ2) is 5.62. The fraction of sp³-hybridized carbons (Fsp3) is 0. The summed E-state index contributed by atoms with van der Waals surface area (Å²) >= 11 is 0. The number of carbonyl (C=O) groups is 1. The summed E-state index contributed by atoms with van der Waals surface area (Å²) in [5.41, 5.74) is 2.62. The van der Waals surface area contributed by atoms with Gasteiger partial charge < -0.3 is 5.11 Å². The molecule has 3 aromatic carbocycles. The van der Waals surface area contributed by atoms with Gasteiger partial charge in [0.2, 0.25) is 0 Å². The fourth-order valence-corrected chi connectivity index (χ4v) is 2.74. The summed E-state index contributed by atoms with van der Waals surface area (Å²) < 4.78 is 1.60. The average Bonchev–Trinajstić information content (AvgIpc) is 3.11. The Bertz CT molecular complexity index is 1040. The number of rotatable bonds is 3. The van der Waals surface area contributed by atoms with Gasteiger partial charge in [-0.05, 0) is 22.9 Å². The van der Waals surface area contributed by atoms with Crippen molar-refractivity contribution in [2.45, 2.75) is 0 Å². The van der Waals surface area contributed by atoms with Gasteiger partial charge in [-0.15, -0.1) is 5.10 Å². The lowest BCUT2D eigenvalue weighted by molar-refractivity contribution is 0.0699. The number of aromatic nitrogens is 3. The summed E-state index contributed by atoms with van der Waals surface area (Å²) in [6.07, 6.45) is 1.80. The highest BCUT2D eigenvalue weighted by Crippen LogP contribution is 2.24. The third-order valence-electron chi connectivity index (χ3n) is 3.90. The molecule has 0 aliphatic carbocycles. The van der Waals surface area contributed by atoms with Crippen molar-refractivity contribution in [2.75, 3.05) is 0 Å².